The van der Waals surface area contributed by atoms with Crippen LogP contribution in [0.1, 0.15) is 5.56 Å². The van der Waals surface area contributed by atoms with Crippen LogP contribution >= 0.6 is 11.8 Å². The summed E-state index contributed by atoms with van der Waals surface area (Å²) in [6.45, 7) is 0. The van der Waals surface area contributed by atoms with Crippen LogP contribution in [0.15, 0.2) is 64.6 Å². The Balaban J connectivity index is 2.08. The van der Waals surface area contributed by atoms with Crippen LogP contribution in [-0.4, -0.2) is 5.37 Å². The highest BCUT2D eigenvalue weighted by Gasteiger charge is 2.09. The number of azide groups is 1. The summed E-state index contributed by atoms with van der Waals surface area (Å²) in [6, 6.07) is 16.0. The van der Waals surface area contributed by atoms with E-state index in [1.807, 2.05) is 30.3 Å². The second-order valence-electron chi connectivity index (χ2n) is 3.92. The van der Waals surface area contributed by atoms with E-state index in [0.717, 1.165) is 10.5 Å². The van der Waals surface area contributed by atoms with Gasteiger partial charge in [-0.05, 0) is 41.8 Å². The van der Waals surface area contributed by atoms with Gasteiger partial charge in [0.25, 0.3) is 0 Å². The van der Waals surface area contributed by atoms with Crippen molar-refractivity contribution in [2.24, 2.45) is 5.11 Å². The van der Waals surface area contributed by atoms with E-state index < -0.39 is 0 Å². The zero-order chi connectivity index (χ0) is 13.5. The summed E-state index contributed by atoms with van der Waals surface area (Å²) in [4.78, 5) is 3.76. The Morgan fingerprint density at radius 1 is 1.11 bits per heavy atom. The van der Waals surface area contributed by atoms with Gasteiger partial charge in [0.15, 0.2) is 0 Å². The number of rotatable bonds is 5. The fourth-order valence-electron chi connectivity index (χ4n) is 1.65. The molecule has 1 atom stereocenters. The third-order valence-corrected chi connectivity index (χ3v) is 3.60. The summed E-state index contributed by atoms with van der Waals surface area (Å²) in [5.41, 5.74) is 9.73. The highest BCUT2D eigenvalue weighted by molar-refractivity contribution is 8.00. The summed E-state index contributed by atoms with van der Waals surface area (Å²) in [6.07, 6.45) is 0.646. The van der Waals surface area contributed by atoms with Crippen molar-refractivity contribution in [2.75, 3.05) is 0 Å². The number of hydrogen-bond donors (Lipinski definition) is 0. The molecule has 0 fully saturated rings. The lowest BCUT2D eigenvalue weighted by molar-refractivity contribution is 0.626. The average molecular weight is 273 g/mol. The lowest BCUT2D eigenvalue weighted by atomic mass is 10.1. The third-order valence-electron chi connectivity index (χ3n) is 2.52. The van der Waals surface area contributed by atoms with Crippen molar-refractivity contribution in [2.45, 2.75) is 16.7 Å². The van der Waals surface area contributed by atoms with Gasteiger partial charge in [0.05, 0.1) is 5.37 Å². The van der Waals surface area contributed by atoms with Crippen LogP contribution in [0.2, 0.25) is 0 Å². The normalized spacial score (nSPS) is 11.6. The second-order valence-corrected chi connectivity index (χ2v) is 5.17. The Kier molecular flexibility index (Phi) is 4.84. The molecule has 0 aliphatic carbocycles. The van der Waals surface area contributed by atoms with Gasteiger partial charge in [0.2, 0.25) is 0 Å². The molecular weight excluding hydrogens is 261 g/mol. The first-order valence-corrected chi connectivity index (χ1v) is 6.66. The van der Waals surface area contributed by atoms with Crippen LogP contribution in [0.4, 0.5) is 4.39 Å². The van der Waals surface area contributed by atoms with Crippen LogP contribution in [0, 0.1) is 5.82 Å². The molecule has 5 heteroatoms. The van der Waals surface area contributed by atoms with E-state index in [4.69, 9.17) is 5.53 Å². The maximum Gasteiger partial charge on any atom is 0.123 e. The lowest BCUT2D eigenvalue weighted by Gasteiger charge is -2.10. The summed E-state index contributed by atoms with van der Waals surface area (Å²) < 4.78 is 12.8. The van der Waals surface area contributed by atoms with Crippen molar-refractivity contribution in [1.29, 1.82) is 0 Å². The van der Waals surface area contributed by atoms with Gasteiger partial charge >= 0.3 is 0 Å². The van der Waals surface area contributed by atoms with Crippen molar-refractivity contribution >= 4 is 11.8 Å². The molecule has 0 saturated carbocycles. The van der Waals surface area contributed by atoms with Crippen molar-refractivity contribution in [3.63, 3.8) is 0 Å². The molecule has 0 saturated heterocycles. The van der Waals surface area contributed by atoms with Crippen LogP contribution in [0.5, 0.6) is 0 Å². The van der Waals surface area contributed by atoms with E-state index in [-0.39, 0.29) is 11.2 Å². The molecule has 0 aliphatic heterocycles. The molecule has 2 aromatic rings. The first-order valence-electron chi connectivity index (χ1n) is 5.78. The Morgan fingerprint density at radius 3 is 2.42 bits per heavy atom. The molecule has 0 aromatic heterocycles. The summed E-state index contributed by atoms with van der Waals surface area (Å²) >= 11 is 1.43. The Bertz CT molecular complexity index is 565. The molecule has 96 valence electrons. The van der Waals surface area contributed by atoms with E-state index in [2.05, 4.69) is 10.0 Å². The minimum absolute atomic E-state index is 0.238. The van der Waals surface area contributed by atoms with Gasteiger partial charge in [-0.1, -0.05) is 35.4 Å². The smallest absolute Gasteiger partial charge is 0.123 e. The van der Waals surface area contributed by atoms with Gasteiger partial charge in [-0.2, -0.15) is 0 Å². The van der Waals surface area contributed by atoms with Gasteiger partial charge < -0.3 is 0 Å². The first kappa shape index (κ1) is 13.5. The number of halogens is 1. The topological polar surface area (TPSA) is 48.8 Å². The lowest BCUT2D eigenvalue weighted by Crippen LogP contribution is -2.02. The van der Waals surface area contributed by atoms with Crippen molar-refractivity contribution < 1.29 is 4.39 Å². The predicted molar refractivity (Wildman–Crippen MR) is 75.3 cm³/mol. The quantitative estimate of drug-likeness (QED) is 0.334. The average Bonchev–Trinajstić information content (AvgIpc) is 2.43. The monoisotopic (exact) mass is 273 g/mol. The molecule has 0 heterocycles. The minimum atomic E-state index is -0.271. The van der Waals surface area contributed by atoms with Crippen molar-refractivity contribution in [3.05, 3.63) is 76.4 Å². The largest absolute Gasteiger partial charge is 0.207 e. The highest BCUT2D eigenvalue weighted by atomic mass is 32.2. The molecule has 1 unspecified atom stereocenters. The molecule has 0 bridgehead atoms. The van der Waals surface area contributed by atoms with Gasteiger partial charge in [-0.15, -0.1) is 11.8 Å². The Morgan fingerprint density at radius 2 is 1.79 bits per heavy atom. The fourth-order valence-corrected chi connectivity index (χ4v) is 2.62. The highest BCUT2D eigenvalue weighted by Crippen LogP contribution is 2.27. The molecule has 3 nitrogen and oxygen atoms in total. The standard InChI is InChI=1S/C14H12FN3S/c15-12-6-8-13(9-7-12)19-14(17-18-16)10-11-4-2-1-3-5-11/h1-9,14H,10H2. The Labute approximate surface area is 115 Å². The maximum absolute atomic E-state index is 12.8. The second kappa shape index (κ2) is 6.83. The van der Waals surface area contributed by atoms with E-state index in [9.17, 15) is 4.39 Å². The van der Waals surface area contributed by atoms with Crippen LogP contribution < -0.4 is 0 Å². The van der Waals surface area contributed by atoms with Gasteiger partial charge in [-0.3, -0.25) is 0 Å². The van der Waals surface area contributed by atoms with Crippen molar-refractivity contribution in [1.82, 2.24) is 0 Å². The minimum Gasteiger partial charge on any atom is -0.207 e. The molecule has 0 aliphatic rings. The molecule has 19 heavy (non-hydrogen) atoms. The third kappa shape index (κ3) is 4.32. The molecule has 0 spiro atoms. The number of benzene rings is 2. The zero-order valence-electron chi connectivity index (χ0n) is 10.1. The summed E-state index contributed by atoms with van der Waals surface area (Å²) in [5.74, 6) is -0.271. The van der Waals surface area contributed by atoms with Crippen LogP contribution in [0.3, 0.4) is 0 Å². The number of thioether (sulfide) groups is 1. The van der Waals surface area contributed by atoms with Gasteiger partial charge in [0.1, 0.15) is 5.82 Å². The SMILES string of the molecule is [N-]=[N+]=NC(Cc1ccccc1)Sc1ccc(F)cc1. The molecule has 2 rings (SSSR count). The molecule has 0 radical (unpaired) electrons. The molecule has 2 aromatic carbocycles. The Hall–Kier alpha value is -1.97. The zero-order valence-corrected chi connectivity index (χ0v) is 10.9. The molecule has 0 amide bonds. The summed E-state index contributed by atoms with van der Waals surface area (Å²) in [7, 11) is 0. The number of hydrogen-bond acceptors (Lipinski definition) is 2. The molecule has 0 N–H and O–H groups in total. The number of nitrogens with zero attached hydrogens (tertiary/aromatic N) is 3. The van der Waals surface area contributed by atoms with E-state index >= 15 is 0 Å². The molecular formula is C14H12FN3S. The fraction of sp³-hybridized carbons (Fsp3) is 0.143. The van der Waals surface area contributed by atoms with Crippen molar-refractivity contribution in [3.8, 4) is 0 Å². The maximum atomic E-state index is 12.8. The first-order chi connectivity index (χ1) is 9.28. The summed E-state index contributed by atoms with van der Waals surface area (Å²) in [5, 5.41) is 3.55. The predicted octanol–water partition coefficient (Wildman–Crippen LogP) is 4.80. The van der Waals surface area contributed by atoms with E-state index in [1.54, 1.807) is 12.1 Å². The van der Waals surface area contributed by atoms with Gasteiger partial charge in [0, 0.05) is 9.81 Å². The van der Waals surface area contributed by atoms with Crippen LogP contribution in [0.25, 0.3) is 10.4 Å². The van der Waals surface area contributed by atoms with Gasteiger partial charge in [-0.25, -0.2) is 4.39 Å². The van der Waals surface area contributed by atoms with E-state index in [0.29, 0.717) is 6.42 Å². The van der Waals surface area contributed by atoms with E-state index in [1.165, 1.54) is 23.9 Å². The van der Waals surface area contributed by atoms with Crippen LogP contribution in [-0.2, 0) is 6.42 Å².